The van der Waals surface area contributed by atoms with E-state index in [1.54, 1.807) is 12.3 Å². The number of furan rings is 1. The second kappa shape index (κ2) is 6.71. The van der Waals surface area contributed by atoms with Crippen molar-refractivity contribution in [2.45, 2.75) is 32.2 Å². The minimum Gasteiger partial charge on any atom is -0.469 e. The Morgan fingerprint density at radius 3 is 2.81 bits per heavy atom. The molecule has 3 aromatic rings. The molecule has 1 aliphatic rings. The molecule has 2 amide bonds. The van der Waals surface area contributed by atoms with Gasteiger partial charge in [0.05, 0.1) is 11.8 Å². The molecule has 0 spiro atoms. The molecule has 1 N–H and O–H groups in total. The van der Waals surface area contributed by atoms with Gasteiger partial charge in [-0.05, 0) is 31.9 Å². The van der Waals surface area contributed by atoms with Crippen molar-refractivity contribution in [2.75, 3.05) is 11.9 Å². The van der Waals surface area contributed by atoms with E-state index in [2.05, 4.69) is 29.5 Å². The number of aromatic nitrogens is 1. The third-order valence-corrected chi connectivity index (χ3v) is 5.11. The maximum absolute atomic E-state index is 12.7. The minimum absolute atomic E-state index is 0.125. The summed E-state index contributed by atoms with van der Waals surface area (Å²) in [5.41, 5.74) is 2.10. The zero-order valence-corrected chi connectivity index (χ0v) is 14.8. The number of amides is 2. The van der Waals surface area contributed by atoms with Crippen LogP contribution in [0.25, 0.3) is 11.3 Å². The van der Waals surface area contributed by atoms with Crippen LogP contribution >= 0.6 is 0 Å². The van der Waals surface area contributed by atoms with Crippen molar-refractivity contribution in [3.63, 3.8) is 0 Å². The Hall–Kier alpha value is -3.02. The summed E-state index contributed by atoms with van der Waals surface area (Å²) in [6.07, 6.45) is 2.55. The highest BCUT2D eigenvalue weighted by molar-refractivity contribution is 5.89. The van der Waals surface area contributed by atoms with E-state index in [1.165, 1.54) is 5.56 Å². The average molecular weight is 351 g/mol. The van der Waals surface area contributed by atoms with Gasteiger partial charge >= 0.3 is 6.03 Å². The number of nitrogens with zero attached hydrogens (tertiary/aromatic N) is 2. The number of likely N-dealkylation sites (tertiary alicyclic amines) is 1. The van der Waals surface area contributed by atoms with E-state index in [9.17, 15) is 4.79 Å². The Balaban J connectivity index is 1.44. The number of aryl methyl sites for hydroxylation is 1. The fraction of sp³-hybridized carbons (Fsp3) is 0.300. The first-order chi connectivity index (χ1) is 12.6. The van der Waals surface area contributed by atoms with Crippen LogP contribution < -0.4 is 5.32 Å². The number of rotatable bonds is 3. The lowest BCUT2D eigenvalue weighted by Crippen LogP contribution is -2.38. The number of anilines is 1. The molecule has 0 radical (unpaired) electrons. The van der Waals surface area contributed by atoms with Crippen LogP contribution in [-0.4, -0.2) is 28.7 Å². The topological polar surface area (TPSA) is 71.5 Å². The van der Waals surface area contributed by atoms with Crippen LogP contribution in [0.15, 0.2) is 57.7 Å². The molecule has 0 bridgehead atoms. The van der Waals surface area contributed by atoms with E-state index in [-0.39, 0.29) is 12.1 Å². The lowest BCUT2D eigenvalue weighted by molar-refractivity contribution is 0.208. The van der Waals surface area contributed by atoms with Gasteiger partial charge in [0.25, 0.3) is 0 Å². The van der Waals surface area contributed by atoms with Crippen molar-refractivity contribution < 1.29 is 13.7 Å². The first-order valence-corrected chi connectivity index (χ1v) is 8.77. The highest BCUT2D eigenvalue weighted by atomic mass is 16.5. The Kier molecular flexibility index (Phi) is 4.24. The summed E-state index contributed by atoms with van der Waals surface area (Å²) in [6, 6.07) is 13.8. The van der Waals surface area contributed by atoms with Crippen LogP contribution in [0.5, 0.6) is 0 Å². The Morgan fingerprint density at radius 2 is 2.08 bits per heavy atom. The quantitative estimate of drug-likeness (QED) is 0.745. The Morgan fingerprint density at radius 1 is 1.27 bits per heavy atom. The number of urea groups is 1. The summed E-state index contributed by atoms with van der Waals surface area (Å²) < 4.78 is 10.6. The first-order valence-electron chi connectivity index (χ1n) is 8.77. The third-order valence-electron chi connectivity index (χ3n) is 5.11. The van der Waals surface area contributed by atoms with Gasteiger partial charge in [-0.1, -0.05) is 35.5 Å². The van der Waals surface area contributed by atoms with Crippen LogP contribution in [0.1, 0.15) is 30.6 Å². The number of nitrogens with one attached hydrogen (secondary N) is 1. The van der Waals surface area contributed by atoms with E-state index in [0.29, 0.717) is 17.5 Å². The van der Waals surface area contributed by atoms with Gasteiger partial charge < -0.3 is 13.8 Å². The maximum Gasteiger partial charge on any atom is 0.323 e. The molecule has 1 saturated heterocycles. The molecule has 1 fully saturated rings. The number of benzene rings is 1. The highest BCUT2D eigenvalue weighted by Gasteiger charge is 2.34. The van der Waals surface area contributed by atoms with E-state index in [0.717, 1.165) is 24.3 Å². The third kappa shape index (κ3) is 2.98. The number of hydrogen-bond donors (Lipinski definition) is 1. The zero-order chi connectivity index (χ0) is 18.1. The SMILES string of the molecule is Cc1occc1-c1cc(NC(=O)N2CCC(c3ccccc3)C2C)no1. The summed E-state index contributed by atoms with van der Waals surface area (Å²) in [6.45, 7) is 4.66. The molecule has 2 unspecified atom stereocenters. The molecule has 4 rings (SSSR count). The molecular weight excluding hydrogens is 330 g/mol. The standard InChI is InChI=1S/C20H21N3O3/c1-13-16(15-6-4-3-5-7-15)8-10-23(13)20(24)21-19-12-18(26-22-19)17-9-11-25-14(17)2/h3-7,9,11-13,16H,8,10H2,1-2H3,(H,21,22,24). The predicted octanol–water partition coefficient (Wildman–Crippen LogP) is 4.65. The molecule has 2 aromatic heterocycles. The molecule has 2 atom stereocenters. The summed E-state index contributed by atoms with van der Waals surface area (Å²) in [5, 5.41) is 6.79. The fourth-order valence-corrected chi connectivity index (χ4v) is 3.66. The zero-order valence-electron chi connectivity index (χ0n) is 14.8. The molecular formula is C20H21N3O3. The lowest BCUT2D eigenvalue weighted by atomic mass is 9.93. The van der Waals surface area contributed by atoms with Crippen LogP contribution in [-0.2, 0) is 0 Å². The summed E-state index contributed by atoms with van der Waals surface area (Å²) >= 11 is 0. The van der Waals surface area contributed by atoms with Gasteiger partial charge in [-0.3, -0.25) is 5.32 Å². The molecule has 1 aliphatic heterocycles. The Bertz CT molecular complexity index is 900. The molecule has 134 valence electrons. The smallest absolute Gasteiger partial charge is 0.323 e. The summed E-state index contributed by atoms with van der Waals surface area (Å²) in [7, 11) is 0. The number of carbonyl (C=O) groups is 1. The van der Waals surface area contributed by atoms with Crippen LogP contribution in [0, 0.1) is 6.92 Å². The highest BCUT2D eigenvalue weighted by Crippen LogP contribution is 2.33. The summed E-state index contributed by atoms with van der Waals surface area (Å²) in [4.78, 5) is 14.5. The molecule has 0 aliphatic carbocycles. The number of hydrogen-bond acceptors (Lipinski definition) is 4. The fourth-order valence-electron chi connectivity index (χ4n) is 3.66. The molecule has 26 heavy (non-hydrogen) atoms. The van der Waals surface area contributed by atoms with Crippen LogP contribution in [0.3, 0.4) is 0 Å². The van der Waals surface area contributed by atoms with E-state index < -0.39 is 0 Å². The molecule has 0 saturated carbocycles. The minimum atomic E-state index is -0.153. The van der Waals surface area contributed by atoms with E-state index in [1.807, 2.05) is 36.1 Å². The number of carbonyl (C=O) groups excluding carboxylic acids is 1. The van der Waals surface area contributed by atoms with Crippen LogP contribution in [0.4, 0.5) is 10.6 Å². The van der Waals surface area contributed by atoms with E-state index >= 15 is 0 Å². The Labute approximate surface area is 151 Å². The lowest BCUT2D eigenvalue weighted by Gasteiger charge is -2.24. The average Bonchev–Trinajstić information content (AvgIpc) is 3.35. The van der Waals surface area contributed by atoms with Gasteiger partial charge in [-0.2, -0.15) is 0 Å². The van der Waals surface area contributed by atoms with Crippen molar-refractivity contribution >= 4 is 11.8 Å². The van der Waals surface area contributed by atoms with Gasteiger partial charge in [0.1, 0.15) is 5.76 Å². The molecule has 6 heteroatoms. The van der Waals surface area contributed by atoms with Crippen molar-refractivity contribution in [1.82, 2.24) is 10.1 Å². The monoisotopic (exact) mass is 351 g/mol. The van der Waals surface area contributed by atoms with Crippen molar-refractivity contribution in [3.05, 3.63) is 60.1 Å². The van der Waals surface area contributed by atoms with Gasteiger partial charge in [0, 0.05) is 24.6 Å². The van der Waals surface area contributed by atoms with Crippen molar-refractivity contribution in [3.8, 4) is 11.3 Å². The second-order valence-corrected chi connectivity index (χ2v) is 6.64. The normalized spacial score (nSPS) is 19.7. The van der Waals surface area contributed by atoms with Crippen LogP contribution in [0.2, 0.25) is 0 Å². The predicted molar refractivity (Wildman–Crippen MR) is 97.9 cm³/mol. The van der Waals surface area contributed by atoms with Gasteiger partial charge in [0.15, 0.2) is 11.6 Å². The van der Waals surface area contributed by atoms with Crippen molar-refractivity contribution in [2.24, 2.45) is 0 Å². The summed E-state index contributed by atoms with van der Waals surface area (Å²) in [5.74, 6) is 2.07. The first kappa shape index (κ1) is 16.4. The largest absolute Gasteiger partial charge is 0.469 e. The molecule has 1 aromatic carbocycles. The van der Waals surface area contributed by atoms with Gasteiger partial charge in [0.2, 0.25) is 0 Å². The molecule has 3 heterocycles. The second-order valence-electron chi connectivity index (χ2n) is 6.64. The van der Waals surface area contributed by atoms with Gasteiger partial charge in [-0.25, -0.2) is 4.79 Å². The van der Waals surface area contributed by atoms with E-state index in [4.69, 9.17) is 8.94 Å². The molecule has 6 nitrogen and oxygen atoms in total. The van der Waals surface area contributed by atoms with Gasteiger partial charge in [-0.15, -0.1) is 0 Å². The maximum atomic E-state index is 12.7. The van der Waals surface area contributed by atoms with Crippen molar-refractivity contribution in [1.29, 1.82) is 0 Å².